The molecule has 0 radical (unpaired) electrons. The number of thiazole rings is 1. The molecule has 0 spiro atoms. The summed E-state index contributed by atoms with van der Waals surface area (Å²) < 4.78 is 0. The monoisotopic (exact) mass is 156 g/mol. The van der Waals surface area contributed by atoms with Gasteiger partial charge in [-0.25, -0.2) is 4.98 Å². The molecule has 1 aromatic heterocycles. The average Bonchev–Trinajstić information content (AvgIpc) is 2.40. The summed E-state index contributed by atoms with van der Waals surface area (Å²) in [6, 6.07) is 0. The molecule has 1 heterocycles. The highest BCUT2D eigenvalue weighted by Crippen LogP contribution is 2.06. The number of hydrogen-bond acceptors (Lipinski definition) is 3. The topological polar surface area (TPSA) is 38.9 Å². The Bertz CT molecular complexity index is 172. The summed E-state index contributed by atoms with van der Waals surface area (Å²) in [6.45, 7) is 2.89. The molecule has 10 heavy (non-hydrogen) atoms. The molecule has 0 aliphatic rings. The Hall–Kier alpha value is -0.410. The SMILES string of the molecule is CC(CN)Cc1cscn1. The Labute approximate surface area is 65.1 Å². The van der Waals surface area contributed by atoms with Gasteiger partial charge in [0.25, 0.3) is 0 Å². The molecule has 0 aliphatic heterocycles. The third-order valence-corrected chi connectivity index (χ3v) is 2.08. The minimum Gasteiger partial charge on any atom is -0.330 e. The largest absolute Gasteiger partial charge is 0.330 e. The van der Waals surface area contributed by atoms with Crippen molar-refractivity contribution in [3.05, 3.63) is 16.6 Å². The maximum atomic E-state index is 5.46. The van der Waals surface area contributed by atoms with Crippen LogP contribution in [-0.2, 0) is 6.42 Å². The van der Waals surface area contributed by atoms with Gasteiger partial charge >= 0.3 is 0 Å². The van der Waals surface area contributed by atoms with Gasteiger partial charge < -0.3 is 5.73 Å². The Morgan fingerprint density at radius 1 is 1.80 bits per heavy atom. The van der Waals surface area contributed by atoms with E-state index >= 15 is 0 Å². The lowest BCUT2D eigenvalue weighted by Gasteiger charge is -2.03. The molecule has 0 amide bonds. The van der Waals surface area contributed by atoms with Gasteiger partial charge in [-0.1, -0.05) is 6.92 Å². The van der Waals surface area contributed by atoms with E-state index in [4.69, 9.17) is 5.73 Å². The first kappa shape index (κ1) is 7.69. The van der Waals surface area contributed by atoms with Crippen molar-refractivity contribution >= 4 is 11.3 Å². The summed E-state index contributed by atoms with van der Waals surface area (Å²) in [7, 11) is 0. The number of nitrogens with two attached hydrogens (primary N) is 1. The molecule has 2 N–H and O–H groups in total. The summed E-state index contributed by atoms with van der Waals surface area (Å²) in [4.78, 5) is 4.17. The first-order chi connectivity index (χ1) is 4.83. The average molecular weight is 156 g/mol. The van der Waals surface area contributed by atoms with Gasteiger partial charge in [-0.3, -0.25) is 0 Å². The van der Waals surface area contributed by atoms with E-state index < -0.39 is 0 Å². The Morgan fingerprint density at radius 2 is 2.60 bits per heavy atom. The van der Waals surface area contributed by atoms with E-state index in [1.54, 1.807) is 11.3 Å². The molecule has 56 valence electrons. The maximum Gasteiger partial charge on any atom is 0.0794 e. The van der Waals surface area contributed by atoms with Crippen molar-refractivity contribution in [2.75, 3.05) is 6.54 Å². The van der Waals surface area contributed by atoms with Crippen LogP contribution in [0.4, 0.5) is 0 Å². The zero-order valence-corrected chi connectivity index (χ0v) is 6.90. The van der Waals surface area contributed by atoms with Crippen molar-refractivity contribution in [1.29, 1.82) is 0 Å². The smallest absolute Gasteiger partial charge is 0.0794 e. The minimum atomic E-state index is 0.557. The van der Waals surface area contributed by atoms with Crippen molar-refractivity contribution in [1.82, 2.24) is 4.98 Å². The van der Waals surface area contributed by atoms with Crippen LogP contribution in [0.15, 0.2) is 10.9 Å². The molecule has 3 heteroatoms. The van der Waals surface area contributed by atoms with Crippen LogP contribution < -0.4 is 5.73 Å². The molecule has 1 atom stereocenters. The molecule has 0 fully saturated rings. The van der Waals surface area contributed by atoms with E-state index in [-0.39, 0.29) is 0 Å². The minimum absolute atomic E-state index is 0.557. The predicted octanol–water partition coefficient (Wildman–Crippen LogP) is 1.28. The zero-order valence-electron chi connectivity index (χ0n) is 6.08. The van der Waals surface area contributed by atoms with Gasteiger partial charge in [-0.05, 0) is 18.9 Å². The summed E-state index contributed by atoms with van der Waals surface area (Å²) in [5, 5.41) is 2.08. The number of rotatable bonds is 3. The van der Waals surface area contributed by atoms with Crippen LogP contribution >= 0.6 is 11.3 Å². The third kappa shape index (κ3) is 2.08. The van der Waals surface area contributed by atoms with E-state index in [0.717, 1.165) is 13.0 Å². The zero-order chi connectivity index (χ0) is 7.40. The van der Waals surface area contributed by atoms with Gasteiger partial charge in [0, 0.05) is 5.38 Å². The normalized spacial score (nSPS) is 13.4. The van der Waals surface area contributed by atoms with Crippen LogP contribution in [0.3, 0.4) is 0 Å². The van der Waals surface area contributed by atoms with E-state index in [2.05, 4.69) is 17.3 Å². The fourth-order valence-corrected chi connectivity index (χ4v) is 1.35. The molecule has 0 saturated heterocycles. The van der Waals surface area contributed by atoms with Crippen molar-refractivity contribution in [3.8, 4) is 0 Å². The van der Waals surface area contributed by atoms with Gasteiger partial charge in [-0.2, -0.15) is 0 Å². The van der Waals surface area contributed by atoms with Crippen LogP contribution in [0.1, 0.15) is 12.6 Å². The fraction of sp³-hybridized carbons (Fsp3) is 0.571. The van der Waals surface area contributed by atoms with Crippen molar-refractivity contribution in [3.63, 3.8) is 0 Å². The lowest BCUT2D eigenvalue weighted by molar-refractivity contribution is 0.586. The van der Waals surface area contributed by atoms with Gasteiger partial charge in [0.05, 0.1) is 11.2 Å². The molecule has 0 aromatic carbocycles. The van der Waals surface area contributed by atoms with E-state index in [0.29, 0.717) is 5.92 Å². The lowest BCUT2D eigenvalue weighted by atomic mass is 10.1. The van der Waals surface area contributed by atoms with E-state index in [1.807, 2.05) is 5.51 Å². The number of aromatic nitrogens is 1. The number of hydrogen-bond donors (Lipinski definition) is 1. The third-order valence-electron chi connectivity index (χ3n) is 1.44. The number of nitrogens with zero attached hydrogens (tertiary/aromatic N) is 1. The summed E-state index contributed by atoms with van der Waals surface area (Å²) in [6.07, 6.45) is 1.01. The predicted molar refractivity (Wildman–Crippen MR) is 44.0 cm³/mol. The summed E-state index contributed by atoms with van der Waals surface area (Å²) in [5.74, 6) is 0.557. The van der Waals surface area contributed by atoms with Crippen LogP contribution in [-0.4, -0.2) is 11.5 Å². The fourth-order valence-electron chi connectivity index (χ4n) is 0.779. The first-order valence-electron chi connectivity index (χ1n) is 3.40. The molecule has 1 unspecified atom stereocenters. The molecule has 0 bridgehead atoms. The highest BCUT2D eigenvalue weighted by molar-refractivity contribution is 7.07. The van der Waals surface area contributed by atoms with E-state index in [9.17, 15) is 0 Å². The van der Waals surface area contributed by atoms with Crippen LogP contribution in [0.5, 0.6) is 0 Å². The van der Waals surface area contributed by atoms with Gasteiger partial charge in [0.2, 0.25) is 0 Å². The van der Waals surface area contributed by atoms with Crippen molar-refractivity contribution in [2.24, 2.45) is 11.7 Å². The molecule has 2 nitrogen and oxygen atoms in total. The maximum absolute atomic E-state index is 5.46. The van der Waals surface area contributed by atoms with Crippen LogP contribution in [0.2, 0.25) is 0 Å². The summed E-state index contributed by atoms with van der Waals surface area (Å²) >= 11 is 1.64. The quantitative estimate of drug-likeness (QED) is 0.716. The lowest BCUT2D eigenvalue weighted by Crippen LogP contribution is -2.13. The molecule has 1 aromatic rings. The summed E-state index contributed by atoms with van der Waals surface area (Å²) in [5.41, 5.74) is 8.49. The Morgan fingerprint density at radius 3 is 3.10 bits per heavy atom. The van der Waals surface area contributed by atoms with Crippen molar-refractivity contribution < 1.29 is 0 Å². The standard InChI is InChI=1S/C7H12N2S/c1-6(3-8)2-7-4-10-5-9-7/h4-6H,2-3,8H2,1H3. The molecular formula is C7H12N2S. The molecule has 1 rings (SSSR count). The molecular weight excluding hydrogens is 144 g/mol. The second-order valence-corrected chi connectivity index (χ2v) is 3.24. The van der Waals surface area contributed by atoms with Crippen LogP contribution in [0.25, 0.3) is 0 Å². The van der Waals surface area contributed by atoms with Crippen molar-refractivity contribution in [2.45, 2.75) is 13.3 Å². The molecule has 0 aliphatic carbocycles. The second kappa shape index (κ2) is 3.68. The highest BCUT2D eigenvalue weighted by atomic mass is 32.1. The second-order valence-electron chi connectivity index (χ2n) is 2.52. The van der Waals surface area contributed by atoms with Gasteiger partial charge in [-0.15, -0.1) is 11.3 Å². The Balaban J connectivity index is 2.40. The first-order valence-corrected chi connectivity index (χ1v) is 4.34. The van der Waals surface area contributed by atoms with Gasteiger partial charge in [0.15, 0.2) is 0 Å². The van der Waals surface area contributed by atoms with Crippen LogP contribution in [0, 0.1) is 5.92 Å². The Kier molecular flexibility index (Phi) is 2.83. The highest BCUT2D eigenvalue weighted by Gasteiger charge is 2.01. The molecule has 0 saturated carbocycles. The van der Waals surface area contributed by atoms with Gasteiger partial charge in [0.1, 0.15) is 0 Å². The van der Waals surface area contributed by atoms with E-state index in [1.165, 1.54) is 5.69 Å².